The van der Waals surface area contributed by atoms with Gasteiger partial charge in [-0.2, -0.15) is 0 Å². The Labute approximate surface area is 124 Å². The van der Waals surface area contributed by atoms with Crippen LogP contribution in [-0.2, 0) is 17.2 Å². The predicted octanol–water partition coefficient (Wildman–Crippen LogP) is 4.23. The van der Waals surface area contributed by atoms with Crippen molar-refractivity contribution in [3.05, 3.63) is 46.0 Å². The fourth-order valence-corrected chi connectivity index (χ4v) is 2.86. The summed E-state index contributed by atoms with van der Waals surface area (Å²) < 4.78 is 19.5. The zero-order chi connectivity index (χ0) is 13.8. The number of imidazole rings is 1. The Hall–Kier alpha value is -0.750. The van der Waals surface area contributed by atoms with Gasteiger partial charge in [0.15, 0.2) is 15.5 Å². The van der Waals surface area contributed by atoms with Gasteiger partial charge in [-0.25, -0.2) is 9.37 Å². The first-order chi connectivity index (χ1) is 9.11. The van der Waals surface area contributed by atoms with E-state index < -0.39 is 0 Å². The van der Waals surface area contributed by atoms with Gasteiger partial charge in [0, 0.05) is 12.9 Å². The number of nitrogens with zero attached hydrogens (tertiary/aromatic N) is 2. The molecule has 1 aromatic carbocycles. The molecule has 0 unspecified atom stereocenters. The normalized spacial score (nSPS) is 10.9. The number of thioether (sulfide) groups is 1. The second kappa shape index (κ2) is 6.61. The lowest BCUT2D eigenvalue weighted by Crippen LogP contribution is -2.01. The molecule has 19 heavy (non-hydrogen) atoms. The van der Waals surface area contributed by atoms with Gasteiger partial charge in [0.05, 0.1) is 0 Å². The average Bonchev–Trinajstić information content (AvgIpc) is 2.66. The van der Waals surface area contributed by atoms with Crippen molar-refractivity contribution in [2.24, 2.45) is 0 Å². The maximum atomic E-state index is 12.8. The van der Waals surface area contributed by atoms with Gasteiger partial charge in [-0.15, -0.1) is 0 Å². The maximum absolute atomic E-state index is 12.8. The molecular weight excluding hydrogens is 310 g/mol. The Morgan fingerprint density at radius 1 is 1.32 bits per heavy atom. The van der Waals surface area contributed by atoms with E-state index in [0.29, 0.717) is 16.1 Å². The largest absolute Gasteiger partial charge is 0.364 e. The van der Waals surface area contributed by atoms with Gasteiger partial charge in [0.25, 0.3) is 0 Å². The summed E-state index contributed by atoms with van der Waals surface area (Å²) >= 11 is 13.4. The molecule has 102 valence electrons. The van der Waals surface area contributed by atoms with E-state index in [-0.39, 0.29) is 17.7 Å². The summed E-state index contributed by atoms with van der Waals surface area (Å²) in [5.41, 5.74) is 0.991. The lowest BCUT2D eigenvalue weighted by molar-refractivity contribution is 0.124. The van der Waals surface area contributed by atoms with Crippen molar-refractivity contribution in [2.75, 3.05) is 7.11 Å². The molecule has 0 saturated carbocycles. The van der Waals surface area contributed by atoms with Crippen LogP contribution in [0.5, 0.6) is 0 Å². The van der Waals surface area contributed by atoms with Crippen molar-refractivity contribution < 1.29 is 9.13 Å². The van der Waals surface area contributed by atoms with Crippen LogP contribution in [0, 0.1) is 5.82 Å². The van der Waals surface area contributed by atoms with Crippen LogP contribution in [0.1, 0.15) is 5.56 Å². The molecule has 0 atom stereocenters. The van der Waals surface area contributed by atoms with Crippen LogP contribution in [-0.4, -0.2) is 16.7 Å². The Morgan fingerprint density at radius 3 is 2.63 bits per heavy atom. The molecule has 7 heteroatoms. The van der Waals surface area contributed by atoms with Crippen molar-refractivity contribution in [2.45, 2.75) is 17.6 Å². The minimum absolute atomic E-state index is 0.249. The van der Waals surface area contributed by atoms with Gasteiger partial charge in [-0.3, -0.25) is 4.57 Å². The van der Waals surface area contributed by atoms with E-state index in [2.05, 4.69) is 4.98 Å². The molecule has 3 nitrogen and oxygen atoms in total. The Balaban J connectivity index is 2.10. The predicted molar refractivity (Wildman–Crippen MR) is 75.2 cm³/mol. The molecule has 0 aliphatic rings. The highest BCUT2D eigenvalue weighted by molar-refractivity contribution is 7.98. The topological polar surface area (TPSA) is 27.1 Å². The number of aromatic nitrogens is 2. The average molecular weight is 321 g/mol. The van der Waals surface area contributed by atoms with E-state index in [1.54, 1.807) is 23.8 Å². The molecule has 1 aromatic heterocycles. The molecule has 0 aliphatic heterocycles. The lowest BCUT2D eigenvalue weighted by atomic mass is 10.2. The first-order valence-electron chi connectivity index (χ1n) is 5.39. The maximum Gasteiger partial charge on any atom is 0.172 e. The van der Waals surface area contributed by atoms with Gasteiger partial charge in [0.1, 0.15) is 12.5 Å². The van der Waals surface area contributed by atoms with Gasteiger partial charge in [-0.05, 0) is 17.7 Å². The quantitative estimate of drug-likeness (QED) is 0.771. The number of hydrogen-bond donors (Lipinski definition) is 0. The zero-order valence-corrected chi connectivity index (χ0v) is 12.4. The van der Waals surface area contributed by atoms with E-state index in [9.17, 15) is 4.39 Å². The van der Waals surface area contributed by atoms with E-state index in [0.717, 1.165) is 5.56 Å². The van der Waals surface area contributed by atoms with Gasteiger partial charge >= 0.3 is 0 Å². The van der Waals surface area contributed by atoms with Gasteiger partial charge < -0.3 is 4.74 Å². The molecule has 0 N–H and O–H groups in total. The van der Waals surface area contributed by atoms with Crippen molar-refractivity contribution >= 4 is 35.0 Å². The molecule has 2 rings (SSSR count). The number of ether oxygens (including phenoxy) is 1. The highest BCUT2D eigenvalue weighted by atomic mass is 35.5. The van der Waals surface area contributed by atoms with Crippen LogP contribution in [0.25, 0.3) is 0 Å². The third kappa shape index (κ3) is 3.63. The van der Waals surface area contributed by atoms with Crippen LogP contribution in [0.15, 0.2) is 29.4 Å². The smallest absolute Gasteiger partial charge is 0.172 e. The SMILES string of the molecule is COCn1c(SCc2ccc(F)cc2)nc(Cl)c1Cl. The summed E-state index contributed by atoms with van der Waals surface area (Å²) in [5.74, 6) is 0.397. The Morgan fingerprint density at radius 2 is 2.00 bits per heavy atom. The van der Waals surface area contributed by atoms with Crippen LogP contribution < -0.4 is 0 Å². The summed E-state index contributed by atoms with van der Waals surface area (Å²) in [5, 5.41) is 1.27. The van der Waals surface area contributed by atoms with Crippen molar-refractivity contribution in [3.63, 3.8) is 0 Å². The molecule has 0 bridgehead atoms. The molecule has 0 spiro atoms. The van der Waals surface area contributed by atoms with Crippen LogP contribution in [0.3, 0.4) is 0 Å². The van der Waals surface area contributed by atoms with E-state index in [1.165, 1.54) is 23.9 Å². The Kier molecular flexibility index (Phi) is 5.10. The van der Waals surface area contributed by atoms with Crippen molar-refractivity contribution in [3.8, 4) is 0 Å². The van der Waals surface area contributed by atoms with E-state index in [4.69, 9.17) is 27.9 Å². The van der Waals surface area contributed by atoms with Crippen LogP contribution in [0.2, 0.25) is 10.3 Å². The number of benzene rings is 1. The number of hydrogen-bond acceptors (Lipinski definition) is 3. The molecule has 0 fully saturated rings. The highest BCUT2D eigenvalue weighted by Gasteiger charge is 2.14. The highest BCUT2D eigenvalue weighted by Crippen LogP contribution is 2.30. The second-order valence-electron chi connectivity index (χ2n) is 3.74. The summed E-state index contributed by atoms with van der Waals surface area (Å²) in [6.45, 7) is 0.282. The van der Waals surface area contributed by atoms with Gasteiger partial charge in [0.2, 0.25) is 0 Å². The van der Waals surface area contributed by atoms with Crippen LogP contribution >= 0.6 is 35.0 Å². The van der Waals surface area contributed by atoms with Crippen LogP contribution in [0.4, 0.5) is 4.39 Å². The molecule has 0 radical (unpaired) electrons. The molecule has 2 aromatic rings. The lowest BCUT2D eigenvalue weighted by Gasteiger charge is -2.07. The zero-order valence-electron chi connectivity index (χ0n) is 10.1. The third-order valence-corrected chi connectivity index (χ3v) is 4.16. The first kappa shape index (κ1) is 14.7. The summed E-state index contributed by atoms with van der Waals surface area (Å²) in [6, 6.07) is 6.32. The minimum Gasteiger partial charge on any atom is -0.364 e. The minimum atomic E-state index is -0.249. The molecule has 1 heterocycles. The number of rotatable bonds is 5. The van der Waals surface area contributed by atoms with Crippen molar-refractivity contribution in [1.29, 1.82) is 0 Å². The Bertz CT molecular complexity index is 560. The standard InChI is InChI=1S/C12H11Cl2FN2OS/c1-18-7-17-11(14)10(13)16-12(17)19-6-8-2-4-9(15)5-3-8/h2-5H,6-7H2,1H3. The van der Waals surface area contributed by atoms with Crippen molar-refractivity contribution in [1.82, 2.24) is 9.55 Å². The fraction of sp³-hybridized carbons (Fsp3) is 0.250. The summed E-state index contributed by atoms with van der Waals surface area (Å²) in [4.78, 5) is 4.17. The van der Waals surface area contributed by atoms with E-state index >= 15 is 0 Å². The summed E-state index contributed by atoms with van der Waals surface area (Å²) in [6.07, 6.45) is 0. The fourth-order valence-electron chi connectivity index (χ4n) is 1.47. The molecule has 0 saturated heterocycles. The first-order valence-corrected chi connectivity index (χ1v) is 7.13. The molecular formula is C12H11Cl2FN2OS. The third-order valence-electron chi connectivity index (χ3n) is 2.37. The molecule has 0 aliphatic carbocycles. The summed E-state index contributed by atoms with van der Waals surface area (Å²) in [7, 11) is 1.57. The van der Waals surface area contributed by atoms with E-state index in [1.807, 2.05) is 0 Å². The van der Waals surface area contributed by atoms with Gasteiger partial charge in [-0.1, -0.05) is 47.1 Å². The second-order valence-corrected chi connectivity index (χ2v) is 5.40. The monoisotopic (exact) mass is 320 g/mol. The molecule has 0 amide bonds. The number of halogens is 3. The number of methoxy groups -OCH3 is 1.